The van der Waals surface area contributed by atoms with Crippen LogP contribution in [0.5, 0.6) is 11.5 Å². The molecule has 0 unspecified atom stereocenters. The molecule has 0 radical (unpaired) electrons. The standard InChI is InChI=1S/C27H26N2O5/c1-27(2,26(31)32)34-21-11-6-8-18(16-21)14-15-29-23-13-5-4-12-22(23)28-25(29)24(30)19-9-7-10-20(17-19)33-3/h4-13,16-17H,14-15H2,1-3H3,(H,31,32). The van der Waals surface area contributed by atoms with Gasteiger partial charge in [-0.2, -0.15) is 0 Å². The summed E-state index contributed by atoms with van der Waals surface area (Å²) in [7, 11) is 1.56. The number of imidazole rings is 1. The van der Waals surface area contributed by atoms with Crippen LogP contribution in [0.4, 0.5) is 0 Å². The Morgan fingerprint density at radius 3 is 2.47 bits per heavy atom. The van der Waals surface area contributed by atoms with E-state index in [-0.39, 0.29) is 5.78 Å². The van der Waals surface area contributed by atoms with Gasteiger partial charge in [0.05, 0.1) is 18.1 Å². The van der Waals surface area contributed by atoms with Gasteiger partial charge in [0.15, 0.2) is 11.4 Å². The third kappa shape index (κ3) is 4.78. The summed E-state index contributed by atoms with van der Waals surface area (Å²) in [5.74, 6) is 0.218. The summed E-state index contributed by atoms with van der Waals surface area (Å²) in [6.07, 6.45) is 0.601. The number of para-hydroxylation sites is 2. The molecular weight excluding hydrogens is 432 g/mol. The second kappa shape index (κ2) is 9.39. The molecule has 0 aliphatic rings. The van der Waals surface area contributed by atoms with E-state index < -0.39 is 11.6 Å². The average Bonchev–Trinajstić information content (AvgIpc) is 3.20. The highest BCUT2D eigenvalue weighted by Gasteiger charge is 2.29. The number of methoxy groups -OCH3 is 1. The van der Waals surface area contributed by atoms with E-state index in [4.69, 9.17) is 9.47 Å². The molecule has 174 valence electrons. The molecule has 7 heteroatoms. The number of carboxylic acid groups (broad SMARTS) is 1. The fourth-order valence-corrected chi connectivity index (χ4v) is 3.71. The fraction of sp³-hybridized carbons (Fsp3) is 0.222. The number of hydrogen-bond donors (Lipinski definition) is 1. The van der Waals surface area contributed by atoms with E-state index in [0.717, 1.165) is 16.6 Å². The van der Waals surface area contributed by atoms with Crippen LogP contribution in [-0.2, 0) is 17.8 Å². The van der Waals surface area contributed by atoms with Crippen molar-refractivity contribution < 1.29 is 24.2 Å². The van der Waals surface area contributed by atoms with Gasteiger partial charge in [-0.25, -0.2) is 9.78 Å². The van der Waals surface area contributed by atoms with Crippen molar-refractivity contribution in [1.82, 2.24) is 9.55 Å². The van der Waals surface area contributed by atoms with Gasteiger partial charge in [0, 0.05) is 12.1 Å². The van der Waals surface area contributed by atoms with Crippen molar-refractivity contribution in [1.29, 1.82) is 0 Å². The largest absolute Gasteiger partial charge is 0.497 e. The lowest BCUT2D eigenvalue weighted by Crippen LogP contribution is -2.37. The van der Waals surface area contributed by atoms with E-state index in [2.05, 4.69) is 4.98 Å². The summed E-state index contributed by atoms with van der Waals surface area (Å²) in [5.41, 5.74) is 1.73. The zero-order valence-corrected chi connectivity index (χ0v) is 19.3. The molecular formula is C27H26N2O5. The maximum atomic E-state index is 13.4. The number of carbonyl (C=O) groups excluding carboxylic acids is 1. The summed E-state index contributed by atoms with van der Waals surface area (Å²) in [5, 5.41) is 9.34. The molecule has 4 rings (SSSR count). The summed E-state index contributed by atoms with van der Waals surface area (Å²) in [6.45, 7) is 3.53. The lowest BCUT2D eigenvalue weighted by Gasteiger charge is -2.21. The van der Waals surface area contributed by atoms with Gasteiger partial charge in [0.2, 0.25) is 5.78 Å². The van der Waals surface area contributed by atoms with Gasteiger partial charge >= 0.3 is 5.97 Å². The van der Waals surface area contributed by atoms with Crippen molar-refractivity contribution in [3.8, 4) is 11.5 Å². The van der Waals surface area contributed by atoms with E-state index >= 15 is 0 Å². The monoisotopic (exact) mass is 458 g/mol. The average molecular weight is 459 g/mol. The summed E-state index contributed by atoms with van der Waals surface area (Å²) >= 11 is 0. The van der Waals surface area contributed by atoms with Crippen LogP contribution in [0.1, 0.15) is 35.6 Å². The number of fused-ring (bicyclic) bond motifs is 1. The number of hydrogen-bond acceptors (Lipinski definition) is 5. The third-order valence-corrected chi connectivity index (χ3v) is 5.60. The van der Waals surface area contributed by atoms with E-state index in [1.165, 1.54) is 13.8 Å². The van der Waals surface area contributed by atoms with Crippen LogP contribution in [0, 0.1) is 0 Å². The Bertz CT molecular complexity index is 1360. The molecule has 0 aliphatic carbocycles. The number of benzene rings is 3. The lowest BCUT2D eigenvalue weighted by molar-refractivity contribution is -0.152. The van der Waals surface area contributed by atoms with E-state index in [0.29, 0.717) is 35.9 Å². The van der Waals surface area contributed by atoms with Crippen molar-refractivity contribution in [2.45, 2.75) is 32.4 Å². The first-order chi connectivity index (χ1) is 16.3. The van der Waals surface area contributed by atoms with Crippen molar-refractivity contribution in [2.24, 2.45) is 0 Å². The zero-order valence-electron chi connectivity index (χ0n) is 19.3. The first-order valence-corrected chi connectivity index (χ1v) is 10.9. The second-order valence-corrected chi connectivity index (χ2v) is 8.45. The topological polar surface area (TPSA) is 90.6 Å². The Balaban J connectivity index is 1.63. The maximum Gasteiger partial charge on any atom is 0.347 e. The lowest BCUT2D eigenvalue weighted by atomic mass is 10.1. The van der Waals surface area contributed by atoms with Crippen LogP contribution < -0.4 is 9.47 Å². The van der Waals surface area contributed by atoms with Gasteiger partial charge in [-0.1, -0.05) is 36.4 Å². The molecule has 34 heavy (non-hydrogen) atoms. The highest BCUT2D eigenvalue weighted by Crippen LogP contribution is 2.23. The fourth-order valence-electron chi connectivity index (χ4n) is 3.71. The Morgan fingerprint density at radius 2 is 1.71 bits per heavy atom. The van der Waals surface area contributed by atoms with Crippen molar-refractivity contribution in [3.63, 3.8) is 0 Å². The van der Waals surface area contributed by atoms with Crippen molar-refractivity contribution in [2.75, 3.05) is 7.11 Å². The minimum absolute atomic E-state index is 0.185. The molecule has 1 aromatic heterocycles. The van der Waals surface area contributed by atoms with E-state index in [9.17, 15) is 14.7 Å². The van der Waals surface area contributed by atoms with Crippen molar-refractivity contribution >= 4 is 22.8 Å². The highest BCUT2D eigenvalue weighted by atomic mass is 16.5. The second-order valence-electron chi connectivity index (χ2n) is 8.45. The van der Waals surface area contributed by atoms with Crippen LogP contribution in [0.15, 0.2) is 72.8 Å². The number of aromatic nitrogens is 2. The Labute approximate surface area is 197 Å². The molecule has 0 atom stereocenters. The molecule has 7 nitrogen and oxygen atoms in total. The van der Waals surface area contributed by atoms with Gasteiger partial charge in [-0.3, -0.25) is 4.79 Å². The number of ketones is 1. The van der Waals surface area contributed by atoms with Gasteiger partial charge in [0.25, 0.3) is 0 Å². The van der Waals surface area contributed by atoms with Crippen LogP contribution in [0.3, 0.4) is 0 Å². The van der Waals surface area contributed by atoms with Gasteiger partial charge in [0.1, 0.15) is 11.5 Å². The van der Waals surface area contributed by atoms with Crippen LogP contribution in [0.25, 0.3) is 11.0 Å². The SMILES string of the molecule is COc1cccc(C(=O)c2nc3ccccc3n2CCc2cccc(OC(C)(C)C(=O)O)c2)c1. The normalized spacial score (nSPS) is 11.4. The molecule has 0 saturated carbocycles. The van der Waals surface area contributed by atoms with Crippen LogP contribution in [-0.4, -0.2) is 39.1 Å². The predicted octanol–water partition coefficient (Wildman–Crippen LogP) is 4.76. The third-order valence-electron chi connectivity index (χ3n) is 5.60. The Hall–Kier alpha value is -4.13. The number of carbonyl (C=O) groups is 2. The number of aryl methyl sites for hydroxylation is 2. The molecule has 0 saturated heterocycles. The molecule has 0 aliphatic heterocycles. The van der Waals surface area contributed by atoms with Gasteiger partial charge in [-0.15, -0.1) is 0 Å². The molecule has 0 spiro atoms. The Kier molecular flexibility index (Phi) is 6.36. The summed E-state index contributed by atoms with van der Waals surface area (Å²) in [6, 6.07) is 22.0. The maximum absolute atomic E-state index is 13.4. The molecule has 3 aromatic carbocycles. The zero-order chi connectivity index (χ0) is 24.3. The smallest absolute Gasteiger partial charge is 0.347 e. The van der Waals surface area contributed by atoms with Crippen LogP contribution in [0.2, 0.25) is 0 Å². The molecule has 1 N–H and O–H groups in total. The van der Waals surface area contributed by atoms with Crippen LogP contribution >= 0.6 is 0 Å². The first kappa shape index (κ1) is 23.0. The molecule has 1 heterocycles. The van der Waals surface area contributed by atoms with Gasteiger partial charge < -0.3 is 19.1 Å². The molecule has 0 bridgehead atoms. The molecule has 4 aromatic rings. The number of nitrogens with zero attached hydrogens (tertiary/aromatic N) is 2. The number of ether oxygens (including phenoxy) is 2. The minimum atomic E-state index is -1.34. The number of aliphatic carboxylic acids is 1. The van der Waals surface area contributed by atoms with E-state index in [1.807, 2.05) is 47.0 Å². The number of carboxylic acids is 1. The number of rotatable bonds is 9. The Morgan fingerprint density at radius 1 is 0.971 bits per heavy atom. The quantitative estimate of drug-likeness (QED) is 0.364. The highest BCUT2D eigenvalue weighted by molar-refractivity contribution is 6.08. The molecule has 0 amide bonds. The predicted molar refractivity (Wildman–Crippen MR) is 129 cm³/mol. The van der Waals surface area contributed by atoms with Gasteiger partial charge in [-0.05, 0) is 62.2 Å². The first-order valence-electron chi connectivity index (χ1n) is 10.9. The van der Waals surface area contributed by atoms with E-state index in [1.54, 1.807) is 37.4 Å². The molecule has 0 fully saturated rings. The summed E-state index contributed by atoms with van der Waals surface area (Å²) in [4.78, 5) is 29.4. The summed E-state index contributed by atoms with van der Waals surface area (Å²) < 4.78 is 12.9. The van der Waals surface area contributed by atoms with Crippen molar-refractivity contribution in [3.05, 3.63) is 89.7 Å². The minimum Gasteiger partial charge on any atom is -0.497 e.